The van der Waals surface area contributed by atoms with Crippen LogP contribution in [0.25, 0.3) is 11.1 Å². The average Bonchev–Trinajstić information content (AvgIpc) is 2.79. The standard InChI is InChI=1S/C26H33ClO4/c1-3-5-6-10-26(28)30-18-22-8-7-9-25(31-22)20-13-16-24(27)23(17-20)19-11-14-21(15-12-19)29-4-2/h11-17,22,25H,3-10,18H2,1-2H3/t22-,25-/m1/s1. The molecule has 0 N–H and O–H groups in total. The lowest BCUT2D eigenvalue weighted by Crippen LogP contribution is -2.28. The third-order valence-corrected chi connectivity index (χ3v) is 5.93. The van der Waals surface area contributed by atoms with Crippen LogP contribution in [0.4, 0.5) is 0 Å². The highest BCUT2D eigenvalue weighted by Crippen LogP contribution is 2.36. The van der Waals surface area contributed by atoms with Gasteiger partial charge < -0.3 is 14.2 Å². The van der Waals surface area contributed by atoms with Gasteiger partial charge in [-0.15, -0.1) is 0 Å². The minimum absolute atomic E-state index is 0.0174. The van der Waals surface area contributed by atoms with Crippen LogP contribution in [-0.4, -0.2) is 25.3 Å². The van der Waals surface area contributed by atoms with Gasteiger partial charge in [0.25, 0.3) is 0 Å². The predicted octanol–water partition coefficient (Wildman–Crippen LogP) is 7.14. The summed E-state index contributed by atoms with van der Waals surface area (Å²) in [6.45, 7) is 5.07. The molecule has 1 heterocycles. The van der Waals surface area contributed by atoms with Crippen molar-refractivity contribution < 1.29 is 19.0 Å². The number of ether oxygens (including phenoxy) is 3. The second kappa shape index (κ2) is 12.1. The van der Waals surface area contributed by atoms with Gasteiger partial charge in [0.05, 0.1) is 18.8 Å². The fraction of sp³-hybridized carbons (Fsp3) is 0.500. The molecule has 2 atom stereocenters. The van der Waals surface area contributed by atoms with Crippen molar-refractivity contribution in [2.24, 2.45) is 0 Å². The molecule has 0 aliphatic carbocycles. The average molecular weight is 445 g/mol. The molecule has 2 aromatic rings. The zero-order valence-corrected chi connectivity index (χ0v) is 19.3. The van der Waals surface area contributed by atoms with E-state index in [0.29, 0.717) is 24.7 Å². The van der Waals surface area contributed by atoms with Crippen LogP contribution in [0.1, 0.15) is 70.5 Å². The number of esters is 1. The van der Waals surface area contributed by atoms with E-state index in [-0.39, 0.29) is 18.2 Å². The molecule has 2 aromatic carbocycles. The van der Waals surface area contributed by atoms with Gasteiger partial charge in [-0.3, -0.25) is 4.79 Å². The van der Waals surface area contributed by atoms with Crippen molar-refractivity contribution in [2.45, 2.75) is 71.0 Å². The van der Waals surface area contributed by atoms with Crippen LogP contribution in [0.3, 0.4) is 0 Å². The molecular formula is C26H33ClO4. The number of benzene rings is 2. The van der Waals surface area contributed by atoms with Gasteiger partial charge in [0.15, 0.2) is 0 Å². The summed E-state index contributed by atoms with van der Waals surface area (Å²) in [4.78, 5) is 11.9. The summed E-state index contributed by atoms with van der Waals surface area (Å²) < 4.78 is 17.3. The van der Waals surface area contributed by atoms with Crippen LogP contribution in [0, 0.1) is 0 Å². The lowest BCUT2D eigenvalue weighted by molar-refractivity contribution is -0.152. The van der Waals surface area contributed by atoms with Crippen LogP contribution in [0.15, 0.2) is 42.5 Å². The van der Waals surface area contributed by atoms with Gasteiger partial charge in [0.1, 0.15) is 12.4 Å². The number of hydrogen-bond acceptors (Lipinski definition) is 4. The van der Waals surface area contributed by atoms with E-state index in [1.807, 2.05) is 43.3 Å². The zero-order chi connectivity index (χ0) is 22.1. The van der Waals surface area contributed by atoms with Crippen LogP contribution >= 0.6 is 11.6 Å². The SMILES string of the molecule is CCCCCC(=O)OC[C@H]1CCC[C@H](c2ccc(Cl)c(-c3ccc(OCC)cc3)c2)O1. The quantitative estimate of drug-likeness (QED) is 0.288. The Bertz CT molecular complexity index is 834. The van der Waals surface area contributed by atoms with Crippen molar-refractivity contribution in [1.29, 1.82) is 0 Å². The summed E-state index contributed by atoms with van der Waals surface area (Å²) in [5.41, 5.74) is 3.13. The molecule has 0 unspecified atom stereocenters. The van der Waals surface area contributed by atoms with Gasteiger partial charge >= 0.3 is 5.97 Å². The molecule has 0 radical (unpaired) electrons. The highest BCUT2D eigenvalue weighted by molar-refractivity contribution is 6.33. The molecule has 0 bridgehead atoms. The van der Waals surface area contributed by atoms with Gasteiger partial charge in [-0.1, -0.05) is 49.6 Å². The second-order valence-corrected chi connectivity index (χ2v) is 8.42. The van der Waals surface area contributed by atoms with Crippen molar-refractivity contribution in [1.82, 2.24) is 0 Å². The normalized spacial score (nSPS) is 18.5. The van der Waals surface area contributed by atoms with Crippen molar-refractivity contribution in [3.05, 3.63) is 53.1 Å². The van der Waals surface area contributed by atoms with E-state index >= 15 is 0 Å². The van der Waals surface area contributed by atoms with Crippen LogP contribution in [0.5, 0.6) is 5.75 Å². The molecule has 168 valence electrons. The zero-order valence-electron chi connectivity index (χ0n) is 18.6. The molecule has 1 aliphatic rings. The van der Waals surface area contributed by atoms with Crippen LogP contribution < -0.4 is 4.74 Å². The maximum absolute atomic E-state index is 11.9. The molecule has 0 saturated carbocycles. The maximum atomic E-state index is 11.9. The first kappa shape index (κ1) is 23.6. The lowest BCUT2D eigenvalue weighted by Gasteiger charge is -2.30. The lowest BCUT2D eigenvalue weighted by atomic mass is 9.95. The molecule has 0 aromatic heterocycles. The number of rotatable bonds is 10. The van der Waals surface area contributed by atoms with Crippen molar-refractivity contribution >= 4 is 17.6 Å². The Labute approximate surface area is 190 Å². The highest BCUT2D eigenvalue weighted by Gasteiger charge is 2.25. The van der Waals surface area contributed by atoms with Gasteiger partial charge in [0, 0.05) is 17.0 Å². The van der Waals surface area contributed by atoms with Gasteiger partial charge in [0.2, 0.25) is 0 Å². The predicted molar refractivity (Wildman–Crippen MR) is 125 cm³/mol. The third-order valence-electron chi connectivity index (χ3n) is 5.60. The summed E-state index contributed by atoms with van der Waals surface area (Å²) in [6, 6.07) is 14.1. The van der Waals surface area contributed by atoms with Gasteiger partial charge in [-0.2, -0.15) is 0 Å². The van der Waals surface area contributed by atoms with E-state index in [4.69, 9.17) is 25.8 Å². The number of halogens is 1. The molecule has 5 heteroatoms. The fourth-order valence-corrected chi connectivity index (χ4v) is 4.13. The molecule has 1 aliphatic heterocycles. The summed E-state index contributed by atoms with van der Waals surface area (Å²) >= 11 is 6.51. The Morgan fingerprint density at radius 3 is 2.65 bits per heavy atom. The molecule has 3 rings (SSSR count). The number of carbonyl (C=O) groups excluding carboxylic acids is 1. The molecule has 1 fully saturated rings. The molecule has 1 saturated heterocycles. The van der Waals surface area contributed by atoms with E-state index in [0.717, 1.165) is 61.0 Å². The second-order valence-electron chi connectivity index (χ2n) is 8.01. The number of unbranched alkanes of at least 4 members (excludes halogenated alkanes) is 2. The largest absolute Gasteiger partial charge is 0.494 e. The topological polar surface area (TPSA) is 44.8 Å². The van der Waals surface area contributed by atoms with Gasteiger partial charge in [-0.05, 0) is 68.0 Å². The van der Waals surface area contributed by atoms with E-state index in [1.165, 1.54) is 0 Å². The Balaban J connectivity index is 1.63. The first-order valence-electron chi connectivity index (χ1n) is 11.4. The van der Waals surface area contributed by atoms with Crippen LogP contribution in [0.2, 0.25) is 5.02 Å². The Kier molecular flexibility index (Phi) is 9.23. The van der Waals surface area contributed by atoms with Crippen molar-refractivity contribution in [3.63, 3.8) is 0 Å². The number of carbonyl (C=O) groups is 1. The summed E-state index contributed by atoms with van der Waals surface area (Å²) in [6.07, 6.45) is 6.38. The molecule has 0 spiro atoms. The van der Waals surface area contributed by atoms with Crippen molar-refractivity contribution in [2.75, 3.05) is 13.2 Å². The smallest absolute Gasteiger partial charge is 0.305 e. The molecule has 4 nitrogen and oxygen atoms in total. The molecular weight excluding hydrogens is 412 g/mol. The number of hydrogen-bond donors (Lipinski definition) is 0. The fourth-order valence-electron chi connectivity index (χ4n) is 3.91. The summed E-state index contributed by atoms with van der Waals surface area (Å²) in [5.74, 6) is 0.727. The van der Waals surface area contributed by atoms with Crippen LogP contribution in [-0.2, 0) is 14.3 Å². The van der Waals surface area contributed by atoms with Crippen molar-refractivity contribution in [3.8, 4) is 16.9 Å². The van der Waals surface area contributed by atoms with E-state index in [1.54, 1.807) is 0 Å². The first-order chi connectivity index (χ1) is 15.1. The first-order valence-corrected chi connectivity index (χ1v) is 11.8. The van der Waals surface area contributed by atoms with E-state index in [9.17, 15) is 4.79 Å². The monoisotopic (exact) mass is 444 g/mol. The van der Waals surface area contributed by atoms with E-state index in [2.05, 4.69) is 13.0 Å². The maximum Gasteiger partial charge on any atom is 0.305 e. The Morgan fingerprint density at radius 1 is 1.10 bits per heavy atom. The molecule has 0 amide bonds. The minimum Gasteiger partial charge on any atom is -0.494 e. The van der Waals surface area contributed by atoms with Gasteiger partial charge in [-0.25, -0.2) is 0 Å². The van der Waals surface area contributed by atoms with E-state index < -0.39 is 0 Å². The summed E-state index contributed by atoms with van der Waals surface area (Å²) in [5, 5.41) is 0.710. The Hall–Kier alpha value is -2.04. The molecule has 31 heavy (non-hydrogen) atoms. The summed E-state index contributed by atoms with van der Waals surface area (Å²) in [7, 11) is 0. The Morgan fingerprint density at radius 2 is 1.90 bits per heavy atom. The highest BCUT2D eigenvalue weighted by atomic mass is 35.5. The minimum atomic E-state index is -0.122. The third kappa shape index (κ3) is 6.98.